The molecule has 2 unspecified atom stereocenters. The number of imidazole rings is 1. The van der Waals surface area contributed by atoms with Gasteiger partial charge in [-0.15, -0.1) is 22.6 Å². The number of benzene rings is 1. The minimum Gasteiger partial charge on any atom is -0.336 e. The zero-order valence-electron chi connectivity index (χ0n) is 15.8. The van der Waals surface area contributed by atoms with E-state index in [-0.39, 0.29) is 24.4 Å². The number of halogens is 1. The molecule has 3 aromatic rings. The van der Waals surface area contributed by atoms with Crippen LogP contribution in [0.4, 0.5) is 0 Å². The molecular formula is C18H23ClN8O. The number of rotatable bonds is 4. The molecule has 0 radical (unpaired) electrons. The summed E-state index contributed by atoms with van der Waals surface area (Å²) in [5, 5.41) is 16.0. The lowest BCUT2D eigenvalue weighted by molar-refractivity contribution is -0.138. The Labute approximate surface area is 169 Å². The topological polar surface area (TPSA) is 93.8 Å². The standard InChI is InChI=1S/C18H22N8O.ClH/c1-13(26-22-16(21-23-26)14-6-4-3-5-7-14)18(27)25-11-8-19-12-15(25)17-20-9-10-24(17)2;/h3-7,9-10,13,15,19H,8,11-12H2,1-2H3;1H. The Kier molecular flexibility index (Phi) is 6.05. The Hall–Kier alpha value is -2.78. The monoisotopic (exact) mass is 402 g/mol. The maximum atomic E-state index is 13.2. The maximum absolute atomic E-state index is 13.2. The van der Waals surface area contributed by atoms with Gasteiger partial charge in [0.15, 0.2) is 0 Å². The Morgan fingerprint density at radius 2 is 2.07 bits per heavy atom. The predicted octanol–water partition coefficient (Wildman–Crippen LogP) is 1.23. The minimum atomic E-state index is -0.546. The second-order valence-electron chi connectivity index (χ2n) is 6.62. The third-order valence-electron chi connectivity index (χ3n) is 4.85. The van der Waals surface area contributed by atoms with Gasteiger partial charge in [0.25, 0.3) is 0 Å². The van der Waals surface area contributed by atoms with Gasteiger partial charge in [0, 0.05) is 44.6 Å². The van der Waals surface area contributed by atoms with Crippen LogP contribution in [0.1, 0.15) is 24.8 Å². The lowest BCUT2D eigenvalue weighted by Gasteiger charge is -2.36. The van der Waals surface area contributed by atoms with Crippen molar-refractivity contribution in [3.8, 4) is 11.4 Å². The van der Waals surface area contributed by atoms with Crippen molar-refractivity contribution < 1.29 is 4.79 Å². The van der Waals surface area contributed by atoms with E-state index in [0.717, 1.165) is 17.9 Å². The van der Waals surface area contributed by atoms with Crippen LogP contribution in [0.2, 0.25) is 0 Å². The molecule has 1 aromatic carbocycles. The number of piperazine rings is 1. The van der Waals surface area contributed by atoms with Gasteiger partial charge < -0.3 is 14.8 Å². The van der Waals surface area contributed by atoms with E-state index in [1.807, 2.05) is 53.0 Å². The summed E-state index contributed by atoms with van der Waals surface area (Å²) in [6, 6.07) is 8.94. The SMILES string of the molecule is CC(C(=O)N1CCNCC1c1nccn1C)n1nnc(-c2ccccc2)n1.Cl. The number of aryl methyl sites for hydroxylation is 1. The number of hydrogen-bond donors (Lipinski definition) is 1. The Morgan fingerprint density at radius 1 is 1.29 bits per heavy atom. The molecule has 1 N–H and O–H groups in total. The van der Waals surface area contributed by atoms with Crippen molar-refractivity contribution in [2.45, 2.75) is 19.0 Å². The summed E-state index contributed by atoms with van der Waals surface area (Å²) in [6.45, 7) is 3.83. The van der Waals surface area contributed by atoms with Gasteiger partial charge in [-0.05, 0) is 12.1 Å². The number of tetrazole rings is 1. The second-order valence-corrected chi connectivity index (χ2v) is 6.62. The first kappa shape index (κ1) is 20.0. The zero-order chi connectivity index (χ0) is 18.8. The van der Waals surface area contributed by atoms with Crippen molar-refractivity contribution in [3.63, 3.8) is 0 Å². The number of aromatic nitrogens is 6. The summed E-state index contributed by atoms with van der Waals surface area (Å²) in [7, 11) is 1.94. The highest BCUT2D eigenvalue weighted by atomic mass is 35.5. The van der Waals surface area contributed by atoms with Crippen molar-refractivity contribution in [2.75, 3.05) is 19.6 Å². The number of carbonyl (C=O) groups is 1. The van der Waals surface area contributed by atoms with Crippen LogP contribution in [-0.2, 0) is 11.8 Å². The highest BCUT2D eigenvalue weighted by Gasteiger charge is 2.34. The van der Waals surface area contributed by atoms with Crippen LogP contribution in [-0.4, -0.2) is 60.2 Å². The molecule has 28 heavy (non-hydrogen) atoms. The van der Waals surface area contributed by atoms with E-state index in [0.29, 0.717) is 18.9 Å². The lowest BCUT2D eigenvalue weighted by Crippen LogP contribution is -2.51. The second kappa shape index (κ2) is 8.49. The normalized spacial score (nSPS) is 17.8. The maximum Gasteiger partial charge on any atom is 0.249 e. The van der Waals surface area contributed by atoms with E-state index in [1.165, 1.54) is 4.80 Å². The minimum absolute atomic E-state index is 0. The fraction of sp³-hybridized carbons (Fsp3) is 0.389. The molecule has 0 saturated carbocycles. The molecule has 2 aromatic heterocycles. The molecule has 0 aliphatic carbocycles. The van der Waals surface area contributed by atoms with Crippen molar-refractivity contribution in [1.29, 1.82) is 0 Å². The molecule has 0 spiro atoms. The van der Waals surface area contributed by atoms with Crippen LogP contribution in [0.25, 0.3) is 11.4 Å². The van der Waals surface area contributed by atoms with Crippen LogP contribution < -0.4 is 5.32 Å². The van der Waals surface area contributed by atoms with Gasteiger partial charge in [0.05, 0.1) is 0 Å². The molecule has 0 bridgehead atoms. The fourth-order valence-electron chi connectivity index (χ4n) is 3.33. The predicted molar refractivity (Wildman–Crippen MR) is 106 cm³/mol. The van der Waals surface area contributed by atoms with E-state index < -0.39 is 6.04 Å². The van der Waals surface area contributed by atoms with E-state index in [4.69, 9.17) is 0 Å². The molecule has 1 aliphatic heterocycles. The van der Waals surface area contributed by atoms with Crippen LogP contribution in [0, 0.1) is 0 Å². The van der Waals surface area contributed by atoms with E-state index >= 15 is 0 Å². The average molecular weight is 403 g/mol. The Balaban J connectivity index is 0.00000225. The molecule has 1 fully saturated rings. The van der Waals surface area contributed by atoms with Crippen LogP contribution in [0.3, 0.4) is 0 Å². The largest absolute Gasteiger partial charge is 0.336 e. The number of nitrogens with zero attached hydrogens (tertiary/aromatic N) is 7. The van der Waals surface area contributed by atoms with Crippen molar-refractivity contribution >= 4 is 18.3 Å². The van der Waals surface area contributed by atoms with E-state index in [1.54, 1.807) is 13.1 Å². The summed E-state index contributed by atoms with van der Waals surface area (Å²) >= 11 is 0. The molecule has 1 saturated heterocycles. The molecule has 1 amide bonds. The molecule has 10 heteroatoms. The Bertz CT molecular complexity index is 925. The number of nitrogens with one attached hydrogen (secondary N) is 1. The summed E-state index contributed by atoms with van der Waals surface area (Å²) in [5.74, 6) is 1.33. The van der Waals surface area contributed by atoms with Gasteiger partial charge in [-0.25, -0.2) is 4.98 Å². The molecule has 148 valence electrons. The first-order valence-corrected chi connectivity index (χ1v) is 8.98. The first-order chi connectivity index (χ1) is 13.1. The zero-order valence-corrected chi connectivity index (χ0v) is 16.6. The first-order valence-electron chi connectivity index (χ1n) is 8.98. The number of amides is 1. The van der Waals surface area contributed by atoms with Crippen LogP contribution in [0.5, 0.6) is 0 Å². The smallest absolute Gasteiger partial charge is 0.249 e. The van der Waals surface area contributed by atoms with Crippen molar-refractivity contribution in [2.24, 2.45) is 7.05 Å². The molecule has 1 aliphatic rings. The van der Waals surface area contributed by atoms with Crippen LogP contribution >= 0.6 is 12.4 Å². The number of carbonyl (C=O) groups excluding carboxylic acids is 1. The third kappa shape index (κ3) is 3.76. The average Bonchev–Trinajstić information content (AvgIpc) is 3.37. The van der Waals surface area contributed by atoms with Crippen molar-refractivity contribution in [3.05, 3.63) is 48.5 Å². The third-order valence-corrected chi connectivity index (χ3v) is 4.85. The quantitative estimate of drug-likeness (QED) is 0.705. The fourth-order valence-corrected chi connectivity index (χ4v) is 3.33. The van der Waals surface area contributed by atoms with E-state index in [2.05, 4.69) is 25.7 Å². The van der Waals surface area contributed by atoms with Gasteiger partial charge in [-0.1, -0.05) is 30.3 Å². The van der Waals surface area contributed by atoms with Gasteiger partial charge in [-0.3, -0.25) is 4.79 Å². The summed E-state index contributed by atoms with van der Waals surface area (Å²) in [6.07, 6.45) is 3.64. The molecule has 4 rings (SSSR count). The molecule has 9 nitrogen and oxygen atoms in total. The van der Waals surface area contributed by atoms with Crippen LogP contribution in [0.15, 0.2) is 42.7 Å². The highest BCUT2D eigenvalue weighted by molar-refractivity contribution is 5.85. The lowest BCUT2D eigenvalue weighted by atomic mass is 10.1. The Morgan fingerprint density at radius 3 is 2.79 bits per heavy atom. The molecule has 2 atom stereocenters. The van der Waals surface area contributed by atoms with E-state index in [9.17, 15) is 4.79 Å². The van der Waals surface area contributed by atoms with Gasteiger partial charge in [0.2, 0.25) is 11.7 Å². The van der Waals surface area contributed by atoms with Gasteiger partial charge in [-0.2, -0.15) is 4.80 Å². The molecule has 3 heterocycles. The summed E-state index contributed by atoms with van der Waals surface area (Å²) in [4.78, 5) is 20.9. The van der Waals surface area contributed by atoms with Gasteiger partial charge in [0.1, 0.15) is 17.9 Å². The van der Waals surface area contributed by atoms with Crippen molar-refractivity contribution in [1.82, 2.24) is 40.0 Å². The summed E-state index contributed by atoms with van der Waals surface area (Å²) < 4.78 is 1.95. The van der Waals surface area contributed by atoms with Gasteiger partial charge >= 0.3 is 0 Å². The highest BCUT2D eigenvalue weighted by Crippen LogP contribution is 2.24. The number of hydrogen-bond acceptors (Lipinski definition) is 6. The molecular weight excluding hydrogens is 380 g/mol. The summed E-state index contributed by atoms with van der Waals surface area (Å²) in [5.41, 5.74) is 0.872.